The zero-order valence-corrected chi connectivity index (χ0v) is 17.9. The van der Waals surface area contributed by atoms with Crippen LogP contribution in [0.2, 0.25) is 0 Å². The third kappa shape index (κ3) is 1.55. The molecule has 0 aromatic heterocycles. The molecule has 4 heterocycles. The van der Waals surface area contributed by atoms with E-state index in [1.165, 1.54) is 25.4 Å². The van der Waals surface area contributed by atoms with Crippen molar-refractivity contribution in [2.75, 3.05) is 6.16 Å². The van der Waals surface area contributed by atoms with Crippen LogP contribution in [0.15, 0.2) is 10.6 Å². The zero-order chi connectivity index (χ0) is 17.7. The van der Waals surface area contributed by atoms with Crippen LogP contribution in [0, 0.1) is 5.92 Å². The van der Waals surface area contributed by atoms with E-state index >= 15 is 0 Å². The minimum absolute atomic E-state index is 0.180. The van der Waals surface area contributed by atoms with Crippen molar-refractivity contribution in [3.8, 4) is 0 Å². The molecular formula is C19H32O3P2. The van der Waals surface area contributed by atoms with Gasteiger partial charge in [-0.25, -0.2) is 0 Å². The molecule has 4 aliphatic rings. The molecule has 0 amide bonds. The summed E-state index contributed by atoms with van der Waals surface area (Å²) in [5, 5.41) is 1.95. The van der Waals surface area contributed by atoms with Gasteiger partial charge in [-0.2, -0.15) is 0 Å². The van der Waals surface area contributed by atoms with Crippen LogP contribution < -0.4 is 0 Å². The Kier molecular flexibility index (Phi) is 3.52. The summed E-state index contributed by atoms with van der Waals surface area (Å²) in [7, 11) is -4.17. The summed E-state index contributed by atoms with van der Waals surface area (Å²) in [5.41, 5.74) is 1.75. The molecule has 0 bridgehead atoms. The Balaban J connectivity index is 2.07. The number of carbonyl (C=O) groups excluding carboxylic acids is 2. The Hall–Kier alpha value is -0.260. The molecular weight excluding hydrogens is 338 g/mol. The quantitative estimate of drug-likeness (QED) is 0.357. The Morgan fingerprint density at radius 2 is 1.46 bits per heavy atom. The number of fused-ring (bicyclic) bond motifs is 2. The summed E-state index contributed by atoms with van der Waals surface area (Å²) >= 11 is 0. The van der Waals surface area contributed by atoms with Crippen LogP contribution in [0.25, 0.3) is 0 Å². The fourth-order valence-electron chi connectivity index (χ4n) is 8.19. The molecule has 0 aromatic carbocycles. The molecule has 4 atom stereocenters. The van der Waals surface area contributed by atoms with Gasteiger partial charge in [-0.05, 0) is 0 Å². The van der Waals surface area contributed by atoms with Gasteiger partial charge in [-0.3, -0.25) is 0 Å². The van der Waals surface area contributed by atoms with Crippen LogP contribution in [-0.4, -0.2) is 40.0 Å². The van der Waals surface area contributed by atoms with E-state index in [9.17, 15) is 9.59 Å². The van der Waals surface area contributed by atoms with Gasteiger partial charge < -0.3 is 0 Å². The summed E-state index contributed by atoms with van der Waals surface area (Å²) in [6.45, 7) is 14.4. The van der Waals surface area contributed by atoms with Crippen LogP contribution in [-0.2, 0) is 14.3 Å². The summed E-state index contributed by atoms with van der Waals surface area (Å²) in [6, 6.07) is 0. The maximum absolute atomic E-state index is 12.9. The van der Waals surface area contributed by atoms with Gasteiger partial charge in [-0.15, -0.1) is 0 Å². The summed E-state index contributed by atoms with van der Waals surface area (Å²) in [5.74, 6) is 0.178. The topological polar surface area (TPSA) is 43.4 Å². The molecule has 2 fully saturated rings. The van der Waals surface area contributed by atoms with Crippen molar-refractivity contribution >= 4 is 26.5 Å². The number of hydrogen-bond donors (Lipinski definition) is 0. The average molecular weight is 370 g/mol. The van der Waals surface area contributed by atoms with Crippen molar-refractivity contribution in [1.29, 1.82) is 0 Å². The van der Waals surface area contributed by atoms with Crippen molar-refractivity contribution < 1.29 is 14.3 Å². The molecule has 4 rings (SSSR count). The Morgan fingerprint density at radius 3 is 1.96 bits per heavy atom. The number of rotatable bonds is 0. The SMILES string of the molecule is C[C@@H]1C[C@@H](C)[PH]2(C1)C1=C(C(=O)OC1=O)[PH]1([C@H](C)CC[C@H]1C)C2(C)C. The third-order valence-corrected chi connectivity index (χ3v) is 25.4. The third-order valence-electron chi connectivity index (χ3n) is 8.71. The van der Waals surface area contributed by atoms with Gasteiger partial charge in [0, 0.05) is 0 Å². The van der Waals surface area contributed by atoms with Crippen molar-refractivity contribution in [2.24, 2.45) is 5.92 Å². The van der Waals surface area contributed by atoms with Gasteiger partial charge in [0.2, 0.25) is 0 Å². The predicted molar refractivity (Wildman–Crippen MR) is 105 cm³/mol. The minimum atomic E-state index is -2.10. The molecule has 0 N–H and O–H groups in total. The summed E-state index contributed by atoms with van der Waals surface area (Å²) in [6.07, 6.45) is 4.81. The van der Waals surface area contributed by atoms with Crippen molar-refractivity contribution in [3.63, 3.8) is 0 Å². The first-order valence-corrected chi connectivity index (χ1v) is 14.1. The first-order valence-electron chi connectivity index (χ1n) is 9.64. The van der Waals surface area contributed by atoms with E-state index in [-0.39, 0.29) is 16.8 Å². The number of hydrogen-bond acceptors (Lipinski definition) is 3. The van der Waals surface area contributed by atoms with Gasteiger partial charge in [0.25, 0.3) is 0 Å². The van der Waals surface area contributed by atoms with E-state index in [1.807, 2.05) is 0 Å². The van der Waals surface area contributed by atoms with E-state index in [0.29, 0.717) is 22.9 Å². The number of esters is 2. The Labute approximate surface area is 146 Å². The van der Waals surface area contributed by atoms with Gasteiger partial charge >= 0.3 is 146 Å². The summed E-state index contributed by atoms with van der Waals surface area (Å²) in [4.78, 5) is 25.9. The first kappa shape index (κ1) is 17.2. The number of cyclic esters (lactones) is 2. The van der Waals surface area contributed by atoms with Crippen LogP contribution in [0.4, 0.5) is 0 Å². The van der Waals surface area contributed by atoms with E-state index in [4.69, 9.17) is 4.74 Å². The molecule has 0 aromatic rings. The zero-order valence-electron chi connectivity index (χ0n) is 15.9. The molecule has 0 aliphatic carbocycles. The van der Waals surface area contributed by atoms with Gasteiger partial charge in [0.05, 0.1) is 0 Å². The van der Waals surface area contributed by atoms with E-state index < -0.39 is 14.5 Å². The fourth-order valence-corrected chi connectivity index (χ4v) is 29.4. The second-order valence-corrected chi connectivity index (χ2v) is 20.8. The number of carbonyl (C=O) groups is 2. The molecule has 3 nitrogen and oxygen atoms in total. The van der Waals surface area contributed by atoms with E-state index in [1.54, 1.807) is 0 Å². The normalized spacial score (nSPS) is 44.2. The molecule has 0 unspecified atom stereocenters. The van der Waals surface area contributed by atoms with Crippen molar-refractivity contribution in [3.05, 3.63) is 10.6 Å². The fraction of sp³-hybridized carbons (Fsp3) is 0.789. The van der Waals surface area contributed by atoms with Gasteiger partial charge in [0.1, 0.15) is 0 Å². The van der Waals surface area contributed by atoms with Gasteiger partial charge in [-0.1, -0.05) is 0 Å². The van der Waals surface area contributed by atoms with E-state index in [2.05, 4.69) is 41.5 Å². The monoisotopic (exact) mass is 370 g/mol. The Morgan fingerprint density at radius 1 is 0.917 bits per heavy atom. The van der Waals surface area contributed by atoms with Crippen LogP contribution in [0.3, 0.4) is 0 Å². The van der Waals surface area contributed by atoms with E-state index in [0.717, 1.165) is 10.6 Å². The standard InChI is InChI=1S/C19H32O3P2/c1-11-9-14(4)23(10-11)15-16(18(21)22-17(15)20)24(19(23,5)6)12(2)7-8-13(24)3/h11-14,23-24H,7-10H2,1-6H3/t11-,12-,13-,14-/m1/s1. The first-order chi connectivity index (χ1) is 11.1. The maximum atomic E-state index is 12.9. The van der Waals surface area contributed by atoms with Crippen molar-refractivity contribution in [1.82, 2.24) is 0 Å². The van der Waals surface area contributed by atoms with Crippen molar-refractivity contribution in [2.45, 2.75) is 82.7 Å². The number of ether oxygens (including phenoxy) is 1. The van der Waals surface area contributed by atoms with Crippen LogP contribution in [0.5, 0.6) is 0 Å². The molecule has 5 heteroatoms. The molecule has 2 saturated heterocycles. The summed E-state index contributed by atoms with van der Waals surface area (Å²) < 4.78 is 5.29. The van der Waals surface area contributed by atoms with Crippen LogP contribution >= 0.6 is 14.5 Å². The molecule has 0 radical (unpaired) electrons. The predicted octanol–water partition coefficient (Wildman–Crippen LogP) is 4.53. The molecule has 4 aliphatic heterocycles. The van der Waals surface area contributed by atoms with Gasteiger partial charge in [0.15, 0.2) is 0 Å². The second-order valence-electron chi connectivity index (χ2n) is 9.72. The molecule has 0 saturated carbocycles. The average Bonchev–Trinajstić information content (AvgIpc) is 3.09. The Bertz CT molecular complexity index is 670. The molecule has 2 spiro atoms. The molecule has 136 valence electrons. The van der Waals surface area contributed by atoms with Crippen LogP contribution in [0.1, 0.15) is 60.8 Å². The molecule has 24 heavy (non-hydrogen) atoms. The second kappa shape index (κ2) is 4.92.